The van der Waals surface area contributed by atoms with Crippen LogP contribution in [0.2, 0.25) is 0 Å². The van der Waals surface area contributed by atoms with Gasteiger partial charge < -0.3 is 5.32 Å². The third-order valence-corrected chi connectivity index (χ3v) is 4.09. The van der Waals surface area contributed by atoms with Gasteiger partial charge in [-0.25, -0.2) is 0 Å². The van der Waals surface area contributed by atoms with Crippen molar-refractivity contribution in [2.24, 2.45) is 0 Å². The molecule has 0 unspecified atom stereocenters. The van der Waals surface area contributed by atoms with Crippen LogP contribution in [0.3, 0.4) is 0 Å². The monoisotopic (exact) mass is 211 g/mol. The second-order valence-electron chi connectivity index (χ2n) is 2.98. The van der Waals surface area contributed by atoms with E-state index in [2.05, 4.69) is 35.8 Å². The maximum atomic E-state index is 3.47. The zero-order valence-electron chi connectivity index (χ0n) is 7.62. The molecule has 0 bridgehead atoms. The first kappa shape index (κ1) is 9.44. The summed E-state index contributed by atoms with van der Waals surface area (Å²) in [4.78, 5) is 1.34. The molecule has 0 amide bonds. The Balaban J connectivity index is 2.12. The molecule has 0 aromatic heterocycles. The zero-order chi connectivity index (χ0) is 9.10. The second-order valence-corrected chi connectivity index (χ2v) is 5.07. The van der Waals surface area contributed by atoms with Crippen molar-refractivity contribution < 1.29 is 0 Å². The van der Waals surface area contributed by atoms with Crippen LogP contribution in [0.5, 0.6) is 0 Å². The van der Waals surface area contributed by atoms with Crippen molar-refractivity contribution in [3.8, 4) is 0 Å². The van der Waals surface area contributed by atoms with Gasteiger partial charge in [0.2, 0.25) is 0 Å². The quantitative estimate of drug-likeness (QED) is 0.755. The second kappa shape index (κ2) is 4.40. The molecule has 1 aromatic rings. The van der Waals surface area contributed by atoms with Gasteiger partial charge in [0.25, 0.3) is 0 Å². The van der Waals surface area contributed by atoms with Gasteiger partial charge in [-0.15, -0.1) is 23.5 Å². The van der Waals surface area contributed by atoms with Gasteiger partial charge in [0.15, 0.2) is 0 Å². The Hall–Kier alpha value is -0.120. The first-order chi connectivity index (χ1) is 6.40. The molecule has 1 nitrogen and oxygen atoms in total. The van der Waals surface area contributed by atoms with Crippen molar-refractivity contribution in [2.75, 3.05) is 18.6 Å². The lowest BCUT2D eigenvalue weighted by molar-refractivity contribution is 0.750. The Morgan fingerprint density at radius 3 is 2.69 bits per heavy atom. The summed E-state index contributed by atoms with van der Waals surface area (Å²) in [6.07, 6.45) is 2.11. The molecular weight excluding hydrogens is 198 g/mol. The molecule has 1 saturated heterocycles. The fourth-order valence-electron chi connectivity index (χ4n) is 1.42. The van der Waals surface area contributed by atoms with Crippen LogP contribution in [0, 0.1) is 0 Å². The van der Waals surface area contributed by atoms with E-state index in [1.807, 2.05) is 11.8 Å². The minimum absolute atomic E-state index is 0.524. The molecule has 1 aliphatic heterocycles. The highest BCUT2D eigenvalue weighted by molar-refractivity contribution is 7.99. The van der Waals surface area contributed by atoms with Crippen LogP contribution < -0.4 is 5.32 Å². The first-order valence-electron chi connectivity index (χ1n) is 4.39. The Bertz CT molecular complexity index is 265. The number of thioether (sulfide) groups is 2. The number of benzene rings is 1. The predicted octanol–water partition coefficient (Wildman–Crippen LogP) is 2.74. The van der Waals surface area contributed by atoms with Crippen LogP contribution in [0.15, 0.2) is 29.2 Å². The summed E-state index contributed by atoms with van der Waals surface area (Å²) in [6, 6.07) is 8.84. The van der Waals surface area contributed by atoms with Gasteiger partial charge in [0, 0.05) is 17.2 Å². The maximum absolute atomic E-state index is 3.47. The molecule has 0 saturated carbocycles. The smallest absolute Gasteiger partial charge is 0.0790 e. The molecule has 2 rings (SSSR count). The minimum atomic E-state index is 0.524. The van der Waals surface area contributed by atoms with Crippen molar-refractivity contribution in [2.45, 2.75) is 10.3 Å². The lowest BCUT2D eigenvalue weighted by Gasteiger charge is -2.09. The summed E-state index contributed by atoms with van der Waals surface area (Å²) in [5.41, 5.74) is 1.40. The lowest BCUT2D eigenvalue weighted by Crippen LogP contribution is -2.11. The topological polar surface area (TPSA) is 12.0 Å². The van der Waals surface area contributed by atoms with Crippen LogP contribution in [-0.4, -0.2) is 18.6 Å². The van der Waals surface area contributed by atoms with E-state index in [0.717, 1.165) is 6.54 Å². The highest BCUT2D eigenvalue weighted by atomic mass is 32.2. The van der Waals surface area contributed by atoms with E-state index in [-0.39, 0.29) is 0 Å². The van der Waals surface area contributed by atoms with E-state index in [9.17, 15) is 0 Å². The molecule has 1 fully saturated rings. The summed E-state index contributed by atoms with van der Waals surface area (Å²) in [5.74, 6) is 1.23. The third kappa shape index (κ3) is 2.22. The highest BCUT2D eigenvalue weighted by Gasteiger charge is 2.15. The summed E-state index contributed by atoms with van der Waals surface area (Å²) < 4.78 is 0. The molecule has 1 heterocycles. The summed E-state index contributed by atoms with van der Waals surface area (Å²) in [5, 5.41) is 3.99. The Morgan fingerprint density at radius 2 is 2.15 bits per heavy atom. The summed E-state index contributed by atoms with van der Waals surface area (Å²) in [6.45, 7) is 1.14. The van der Waals surface area contributed by atoms with E-state index < -0.39 is 0 Å². The summed E-state index contributed by atoms with van der Waals surface area (Å²) >= 11 is 3.78. The molecule has 0 radical (unpaired) electrons. The average Bonchev–Trinajstić information content (AvgIpc) is 2.71. The molecule has 0 aliphatic carbocycles. The van der Waals surface area contributed by atoms with Gasteiger partial charge in [-0.05, 0) is 24.0 Å². The molecule has 3 heteroatoms. The van der Waals surface area contributed by atoms with Crippen LogP contribution in [-0.2, 0) is 0 Å². The van der Waals surface area contributed by atoms with Crippen molar-refractivity contribution in [3.63, 3.8) is 0 Å². The Kier molecular flexibility index (Phi) is 3.19. The maximum Gasteiger partial charge on any atom is 0.0790 e. The van der Waals surface area contributed by atoms with E-state index >= 15 is 0 Å². The van der Waals surface area contributed by atoms with E-state index in [1.54, 1.807) is 11.8 Å². The average molecular weight is 211 g/mol. The lowest BCUT2D eigenvalue weighted by atomic mass is 10.2. The number of hydrogen-bond donors (Lipinski definition) is 1. The predicted molar refractivity (Wildman–Crippen MR) is 61.4 cm³/mol. The van der Waals surface area contributed by atoms with Crippen LogP contribution in [0.1, 0.15) is 10.9 Å². The normalized spacial score (nSPS) is 22.1. The number of nitrogens with one attached hydrogen (secondary N) is 1. The molecule has 1 aliphatic rings. The van der Waals surface area contributed by atoms with E-state index in [0.29, 0.717) is 5.37 Å². The largest absolute Gasteiger partial charge is 0.301 e. The molecule has 1 atom stereocenters. The highest BCUT2D eigenvalue weighted by Crippen LogP contribution is 2.30. The van der Waals surface area contributed by atoms with Crippen LogP contribution in [0.25, 0.3) is 0 Å². The standard InChI is InChI=1S/C10H13NS2/c1-12-9-4-2-8(3-5-9)10-11-6-7-13-10/h2-5,10-11H,6-7H2,1H3/t10-/m0/s1. The zero-order valence-corrected chi connectivity index (χ0v) is 9.25. The molecule has 1 aromatic carbocycles. The van der Waals surface area contributed by atoms with Gasteiger partial charge in [-0.1, -0.05) is 12.1 Å². The molecule has 1 N–H and O–H groups in total. The van der Waals surface area contributed by atoms with Gasteiger partial charge in [0.05, 0.1) is 5.37 Å². The van der Waals surface area contributed by atoms with Gasteiger partial charge in [0.1, 0.15) is 0 Å². The minimum Gasteiger partial charge on any atom is -0.301 e. The Morgan fingerprint density at radius 1 is 1.38 bits per heavy atom. The van der Waals surface area contributed by atoms with E-state index in [1.165, 1.54) is 16.2 Å². The van der Waals surface area contributed by atoms with Crippen molar-refractivity contribution >= 4 is 23.5 Å². The van der Waals surface area contributed by atoms with Gasteiger partial charge in [-0.3, -0.25) is 0 Å². The van der Waals surface area contributed by atoms with Crippen molar-refractivity contribution in [1.82, 2.24) is 5.32 Å². The molecule has 13 heavy (non-hydrogen) atoms. The van der Waals surface area contributed by atoms with Crippen molar-refractivity contribution in [1.29, 1.82) is 0 Å². The fraction of sp³-hybridized carbons (Fsp3) is 0.400. The first-order valence-corrected chi connectivity index (χ1v) is 6.66. The van der Waals surface area contributed by atoms with Crippen LogP contribution in [0.4, 0.5) is 0 Å². The summed E-state index contributed by atoms with van der Waals surface area (Å²) in [7, 11) is 0. The van der Waals surface area contributed by atoms with Crippen molar-refractivity contribution in [3.05, 3.63) is 29.8 Å². The molecule has 70 valence electrons. The Labute approximate surface area is 87.7 Å². The SMILES string of the molecule is CSc1ccc([C@H]2NCCS2)cc1. The fourth-order valence-corrected chi connectivity index (χ4v) is 2.88. The molecule has 0 spiro atoms. The van der Waals surface area contributed by atoms with Gasteiger partial charge >= 0.3 is 0 Å². The van der Waals surface area contributed by atoms with Gasteiger partial charge in [-0.2, -0.15) is 0 Å². The molecular formula is C10H13NS2. The number of hydrogen-bond acceptors (Lipinski definition) is 3. The third-order valence-electron chi connectivity index (χ3n) is 2.13. The number of rotatable bonds is 2. The van der Waals surface area contributed by atoms with E-state index in [4.69, 9.17) is 0 Å². The van der Waals surface area contributed by atoms with Crippen LogP contribution >= 0.6 is 23.5 Å².